The monoisotopic (exact) mass is 202 g/mol. The molecular weight excluding hydrogens is 184 g/mol. The summed E-state index contributed by atoms with van der Waals surface area (Å²) in [5.74, 6) is 2.88. The fourth-order valence-electron chi connectivity index (χ4n) is 5.16. The van der Waals surface area contributed by atoms with E-state index in [2.05, 4.69) is 12.2 Å². The summed E-state index contributed by atoms with van der Waals surface area (Å²) in [5, 5.41) is 0. The highest BCUT2D eigenvalue weighted by atomic mass is 16.1. The van der Waals surface area contributed by atoms with Gasteiger partial charge in [-0.25, -0.2) is 0 Å². The van der Waals surface area contributed by atoms with Crippen molar-refractivity contribution in [1.82, 2.24) is 0 Å². The minimum atomic E-state index is 0.427. The molecule has 0 heterocycles. The number of carbonyl (C=O) groups is 1. The van der Waals surface area contributed by atoms with Crippen molar-refractivity contribution in [3.05, 3.63) is 12.2 Å². The lowest BCUT2D eigenvalue weighted by molar-refractivity contribution is -0.122. The van der Waals surface area contributed by atoms with Crippen LogP contribution in [0, 0.1) is 29.1 Å². The van der Waals surface area contributed by atoms with E-state index in [4.69, 9.17) is 0 Å². The highest BCUT2D eigenvalue weighted by Crippen LogP contribution is 2.64. The number of Topliss-reactive ketones (excluding diaryl/α,β-unsaturated/α-hetero) is 1. The van der Waals surface area contributed by atoms with E-state index in [1.165, 1.54) is 38.5 Å². The van der Waals surface area contributed by atoms with E-state index in [0.717, 1.165) is 5.92 Å². The molecule has 0 aromatic heterocycles. The second-order valence-corrected chi connectivity index (χ2v) is 6.10. The smallest absolute Gasteiger partial charge is 0.139 e. The SMILES string of the molecule is O=C1[C@H]2CC[C@@H]1[C@H]1[C@@H]2C=CC12CCCC2. The second kappa shape index (κ2) is 2.56. The van der Waals surface area contributed by atoms with Crippen molar-refractivity contribution < 1.29 is 4.79 Å². The summed E-state index contributed by atoms with van der Waals surface area (Å²) in [5.41, 5.74) is 0.472. The minimum Gasteiger partial charge on any atom is -0.299 e. The van der Waals surface area contributed by atoms with Crippen LogP contribution in [0.15, 0.2) is 12.2 Å². The van der Waals surface area contributed by atoms with Gasteiger partial charge >= 0.3 is 0 Å². The summed E-state index contributed by atoms with van der Waals surface area (Å²) in [6.45, 7) is 0. The van der Waals surface area contributed by atoms with Gasteiger partial charge in [-0.2, -0.15) is 0 Å². The average molecular weight is 202 g/mol. The van der Waals surface area contributed by atoms with Gasteiger partial charge in [0.25, 0.3) is 0 Å². The van der Waals surface area contributed by atoms with Crippen LogP contribution in [0.2, 0.25) is 0 Å². The Hall–Kier alpha value is -0.590. The molecule has 0 radical (unpaired) electrons. The molecule has 0 saturated heterocycles. The van der Waals surface area contributed by atoms with Gasteiger partial charge in [-0.05, 0) is 42.9 Å². The highest BCUT2D eigenvalue weighted by Gasteiger charge is 2.61. The van der Waals surface area contributed by atoms with E-state index in [1.807, 2.05) is 0 Å². The summed E-state index contributed by atoms with van der Waals surface area (Å²) < 4.78 is 0. The van der Waals surface area contributed by atoms with Gasteiger partial charge in [0.2, 0.25) is 0 Å². The molecule has 3 fully saturated rings. The Morgan fingerprint density at radius 2 is 1.87 bits per heavy atom. The fraction of sp³-hybridized carbons (Fsp3) is 0.786. The molecule has 1 heteroatoms. The first-order valence-corrected chi connectivity index (χ1v) is 6.55. The van der Waals surface area contributed by atoms with Crippen LogP contribution in [-0.4, -0.2) is 5.78 Å². The lowest BCUT2D eigenvalue weighted by Crippen LogP contribution is -2.31. The molecule has 1 nitrogen and oxygen atoms in total. The van der Waals surface area contributed by atoms with Crippen molar-refractivity contribution in [1.29, 1.82) is 0 Å². The van der Waals surface area contributed by atoms with Crippen molar-refractivity contribution in [2.45, 2.75) is 38.5 Å². The molecule has 1 spiro atoms. The van der Waals surface area contributed by atoms with E-state index < -0.39 is 0 Å². The summed E-state index contributed by atoms with van der Waals surface area (Å²) in [6.07, 6.45) is 12.8. The Kier molecular flexibility index (Phi) is 1.46. The third-order valence-corrected chi connectivity index (χ3v) is 5.68. The Balaban J connectivity index is 1.78. The second-order valence-electron chi connectivity index (χ2n) is 6.10. The molecule has 4 aliphatic rings. The van der Waals surface area contributed by atoms with E-state index >= 15 is 0 Å². The van der Waals surface area contributed by atoms with Gasteiger partial charge in [0.15, 0.2) is 0 Å². The highest BCUT2D eigenvalue weighted by molar-refractivity contribution is 5.89. The van der Waals surface area contributed by atoms with Crippen LogP contribution in [0.1, 0.15) is 38.5 Å². The zero-order chi connectivity index (χ0) is 10.0. The first kappa shape index (κ1) is 8.55. The van der Waals surface area contributed by atoms with Gasteiger partial charge in [-0.15, -0.1) is 0 Å². The quantitative estimate of drug-likeness (QED) is 0.552. The maximum absolute atomic E-state index is 12.1. The molecule has 0 aromatic carbocycles. The Morgan fingerprint density at radius 3 is 2.67 bits per heavy atom. The maximum Gasteiger partial charge on any atom is 0.139 e. The topological polar surface area (TPSA) is 17.1 Å². The van der Waals surface area contributed by atoms with Crippen LogP contribution < -0.4 is 0 Å². The third kappa shape index (κ3) is 0.847. The first-order chi connectivity index (χ1) is 7.32. The molecule has 4 atom stereocenters. The Labute approximate surface area is 90.9 Å². The Bertz CT molecular complexity index is 348. The number of carbonyl (C=O) groups excluding carboxylic acids is 1. The molecule has 0 amide bonds. The first-order valence-electron chi connectivity index (χ1n) is 6.55. The Morgan fingerprint density at radius 1 is 1.13 bits per heavy atom. The summed E-state index contributed by atoms with van der Waals surface area (Å²) in [7, 11) is 0. The number of allylic oxidation sites excluding steroid dienone is 2. The average Bonchev–Trinajstić information content (AvgIpc) is 2.96. The van der Waals surface area contributed by atoms with Crippen LogP contribution in [0.25, 0.3) is 0 Å². The summed E-state index contributed by atoms with van der Waals surface area (Å²) in [4.78, 5) is 12.1. The molecule has 0 N–H and O–H groups in total. The van der Waals surface area contributed by atoms with E-state index in [0.29, 0.717) is 29.0 Å². The molecule has 4 aliphatic carbocycles. The van der Waals surface area contributed by atoms with Crippen molar-refractivity contribution in [3.63, 3.8) is 0 Å². The number of fused-ring (bicyclic) bond motifs is 6. The van der Waals surface area contributed by atoms with Gasteiger partial charge in [0, 0.05) is 11.8 Å². The van der Waals surface area contributed by atoms with E-state index in [1.54, 1.807) is 0 Å². The fourth-order valence-corrected chi connectivity index (χ4v) is 5.16. The zero-order valence-corrected chi connectivity index (χ0v) is 9.11. The molecule has 15 heavy (non-hydrogen) atoms. The lowest BCUT2D eigenvalue weighted by Gasteiger charge is -2.36. The minimum absolute atomic E-state index is 0.427. The van der Waals surface area contributed by atoms with Crippen LogP contribution in [-0.2, 0) is 4.79 Å². The summed E-state index contributed by atoms with van der Waals surface area (Å²) in [6, 6.07) is 0. The number of ketones is 1. The molecular formula is C14H18O. The van der Waals surface area contributed by atoms with Crippen LogP contribution in [0.3, 0.4) is 0 Å². The summed E-state index contributed by atoms with van der Waals surface area (Å²) >= 11 is 0. The normalized spacial score (nSPS) is 49.5. The molecule has 0 aromatic rings. The van der Waals surface area contributed by atoms with Crippen molar-refractivity contribution in [2.75, 3.05) is 0 Å². The predicted molar refractivity (Wildman–Crippen MR) is 58.2 cm³/mol. The van der Waals surface area contributed by atoms with Gasteiger partial charge in [-0.1, -0.05) is 25.0 Å². The third-order valence-electron chi connectivity index (χ3n) is 5.68. The standard InChI is InChI=1S/C14H18O/c15-13-10-3-4-11(13)12-9(10)5-8-14(12)6-1-2-7-14/h5,8-12H,1-4,6-7H2/t9-,10+,11-,12-/m1/s1. The van der Waals surface area contributed by atoms with Crippen LogP contribution >= 0.6 is 0 Å². The van der Waals surface area contributed by atoms with Gasteiger partial charge in [0.1, 0.15) is 5.78 Å². The largest absolute Gasteiger partial charge is 0.299 e. The molecule has 0 unspecified atom stereocenters. The molecule has 0 aliphatic heterocycles. The maximum atomic E-state index is 12.1. The zero-order valence-electron chi connectivity index (χ0n) is 9.11. The van der Waals surface area contributed by atoms with Gasteiger partial charge in [0.05, 0.1) is 0 Å². The predicted octanol–water partition coefficient (Wildman–Crippen LogP) is 2.96. The molecule has 3 saturated carbocycles. The number of hydrogen-bond donors (Lipinski definition) is 0. The van der Waals surface area contributed by atoms with Gasteiger partial charge < -0.3 is 0 Å². The lowest BCUT2D eigenvalue weighted by atomic mass is 9.67. The van der Waals surface area contributed by atoms with Gasteiger partial charge in [-0.3, -0.25) is 4.79 Å². The van der Waals surface area contributed by atoms with Crippen molar-refractivity contribution in [3.8, 4) is 0 Å². The molecule has 80 valence electrons. The van der Waals surface area contributed by atoms with Crippen LogP contribution in [0.5, 0.6) is 0 Å². The number of hydrogen-bond acceptors (Lipinski definition) is 1. The van der Waals surface area contributed by atoms with Crippen molar-refractivity contribution in [2.24, 2.45) is 29.1 Å². The van der Waals surface area contributed by atoms with E-state index in [9.17, 15) is 4.79 Å². The van der Waals surface area contributed by atoms with E-state index in [-0.39, 0.29) is 0 Å². The van der Waals surface area contributed by atoms with Crippen LogP contribution in [0.4, 0.5) is 0 Å². The van der Waals surface area contributed by atoms with Crippen molar-refractivity contribution >= 4 is 5.78 Å². The number of rotatable bonds is 0. The molecule has 2 bridgehead atoms. The molecule has 4 rings (SSSR count).